The second kappa shape index (κ2) is 5.35. The molecule has 7 heteroatoms. The Morgan fingerprint density at radius 2 is 2.28 bits per heavy atom. The third-order valence-corrected chi connectivity index (χ3v) is 2.50. The largest absolute Gasteiger partial charge is 0.481 e. The van der Waals surface area contributed by atoms with Crippen LogP contribution in [0.1, 0.15) is 5.82 Å². The van der Waals surface area contributed by atoms with Crippen molar-refractivity contribution in [3.63, 3.8) is 0 Å². The van der Waals surface area contributed by atoms with Crippen molar-refractivity contribution in [2.75, 3.05) is 24.7 Å². The predicted octanol–water partition coefficient (Wildman–Crippen LogP) is 0.455. The number of ether oxygens (including phenoxy) is 1. The van der Waals surface area contributed by atoms with Crippen LogP contribution in [0.5, 0.6) is 5.88 Å². The quantitative estimate of drug-likeness (QED) is 0.798. The van der Waals surface area contributed by atoms with E-state index >= 15 is 0 Å². The fourth-order valence-corrected chi connectivity index (χ4v) is 1.58. The minimum absolute atomic E-state index is 0.189. The number of methoxy groups -OCH3 is 1. The van der Waals surface area contributed by atoms with Gasteiger partial charge in [0.15, 0.2) is 0 Å². The molecule has 7 nitrogen and oxygen atoms in total. The molecule has 0 amide bonds. The zero-order valence-corrected chi connectivity index (χ0v) is 10.4. The molecule has 0 saturated heterocycles. The monoisotopic (exact) mass is 248 g/mol. The van der Waals surface area contributed by atoms with Gasteiger partial charge in [-0.1, -0.05) is 0 Å². The lowest BCUT2D eigenvalue weighted by atomic mass is 10.4. The number of rotatable bonds is 5. The third-order valence-electron chi connectivity index (χ3n) is 2.50. The molecule has 2 heterocycles. The van der Waals surface area contributed by atoms with Crippen molar-refractivity contribution in [1.29, 1.82) is 0 Å². The molecule has 0 atom stereocenters. The van der Waals surface area contributed by atoms with Crippen LogP contribution in [0.3, 0.4) is 0 Å². The number of nitrogens with zero attached hydrogens (tertiary/aromatic N) is 4. The second-order valence-electron chi connectivity index (χ2n) is 3.78. The number of nitrogens with two attached hydrogens (primary N) is 1. The predicted molar refractivity (Wildman–Crippen MR) is 68.4 cm³/mol. The summed E-state index contributed by atoms with van der Waals surface area (Å²) in [5, 5.41) is 3.16. The Hall–Kier alpha value is -2.31. The third kappa shape index (κ3) is 2.88. The lowest BCUT2D eigenvalue weighted by Crippen LogP contribution is -2.10. The summed E-state index contributed by atoms with van der Waals surface area (Å²) >= 11 is 0. The lowest BCUT2D eigenvalue weighted by molar-refractivity contribution is 0.398. The summed E-state index contributed by atoms with van der Waals surface area (Å²) in [7, 11) is 3.51. The van der Waals surface area contributed by atoms with E-state index in [9.17, 15) is 0 Å². The van der Waals surface area contributed by atoms with Crippen molar-refractivity contribution in [3.8, 4) is 5.88 Å². The van der Waals surface area contributed by atoms with E-state index in [0.29, 0.717) is 18.2 Å². The molecule has 96 valence electrons. The molecule has 0 aromatic carbocycles. The summed E-state index contributed by atoms with van der Waals surface area (Å²) in [6.07, 6.45) is 4.50. The van der Waals surface area contributed by atoms with Gasteiger partial charge in [0.25, 0.3) is 0 Å². The molecule has 3 N–H and O–H groups in total. The zero-order valence-electron chi connectivity index (χ0n) is 10.4. The Bertz CT molecular complexity index is 524. The van der Waals surface area contributed by atoms with Gasteiger partial charge in [-0.05, 0) is 0 Å². The van der Waals surface area contributed by atoms with Gasteiger partial charge in [-0.15, -0.1) is 0 Å². The highest BCUT2D eigenvalue weighted by atomic mass is 16.5. The standard InChI is InChI=1S/C11H16N6O/c1-17-6-5-14-9(17)3-4-13-8-7-10(18-2)16-11(12)15-8/h5-7H,3-4H2,1-2H3,(H3,12,13,15,16). The number of anilines is 2. The summed E-state index contributed by atoms with van der Waals surface area (Å²) in [4.78, 5) is 12.2. The molecule has 0 aliphatic carbocycles. The van der Waals surface area contributed by atoms with Gasteiger partial charge in [-0.25, -0.2) is 4.98 Å². The SMILES string of the molecule is COc1cc(NCCc2nccn2C)nc(N)n1. The van der Waals surface area contributed by atoms with Crippen LogP contribution in [-0.4, -0.2) is 33.2 Å². The highest BCUT2D eigenvalue weighted by Gasteiger charge is 2.03. The second-order valence-corrected chi connectivity index (χ2v) is 3.78. The van der Waals surface area contributed by atoms with E-state index in [2.05, 4.69) is 20.3 Å². The summed E-state index contributed by atoms with van der Waals surface area (Å²) in [6.45, 7) is 0.713. The Balaban J connectivity index is 1.94. The van der Waals surface area contributed by atoms with Crippen LogP contribution < -0.4 is 15.8 Å². The maximum absolute atomic E-state index is 5.57. The van der Waals surface area contributed by atoms with Gasteiger partial charge in [0, 0.05) is 38.5 Å². The average Bonchev–Trinajstić information content (AvgIpc) is 2.74. The summed E-state index contributed by atoms with van der Waals surface area (Å²) in [5.74, 6) is 2.29. The molecular weight excluding hydrogens is 232 g/mol. The molecule has 0 saturated carbocycles. The number of aromatic nitrogens is 4. The van der Waals surface area contributed by atoms with E-state index in [-0.39, 0.29) is 5.95 Å². The van der Waals surface area contributed by atoms with Crippen LogP contribution >= 0.6 is 0 Å². The molecule has 0 bridgehead atoms. The van der Waals surface area contributed by atoms with Crippen molar-refractivity contribution in [3.05, 3.63) is 24.3 Å². The van der Waals surface area contributed by atoms with Gasteiger partial charge >= 0.3 is 0 Å². The van der Waals surface area contributed by atoms with Crippen LogP contribution in [0.2, 0.25) is 0 Å². The molecule has 0 unspecified atom stereocenters. The fourth-order valence-electron chi connectivity index (χ4n) is 1.58. The van der Waals surface area contributed by atoms with E-state index in [4.69, 9.17) is 10.5 Å². The molecule has 0 aliphatic rings. The first-order valence-electron chi connectivity index (χ1n) is 5.57. The van der Waals surface area contributed by atoms with Crippen molar-refractivity contribution < 1.29 is 4.74 Å². The number of hydrogen-bond donors (Lipinski definition) is 2. The highest BCUT2D eigenvalue weighted by Crippen LogP contribution is 2.13. The fraction of sp³-hybridized carbons (Fsp3) is 0.364. The Morgan fingerprint density at radius 3 is 2.94 bits per heavy atom. The van der Waals surface area contributed by atoms with Gasteiger partial charge in [0.05, 0.1) is 7.11 Å². The molecule has 0 radical (unpaired) electrons. The first-order chi connectivity index (χ1) is 8.69. The van der Waals surface area contributed by atoms with Gasteiger partial charge in [-0.3, -0.25) is 0 Å². The Kier molecular flexibility index (Phi) is 3.61. The Morgan fingerprint density at radius 1 is 1.44 bits per heavy atom. The summed E-state index contributed by atoms with van der Waals surface area (Å²) in [5.41, 5.74) is 5.57. The normalized spacial score (nSPS) is 10.3. The average molecular weight is 248 g/mol. The van der Waals surface area contributed by atoms with Crippen LogP contribution in [-0.2, 0) is 13.5 Å². The van der Waals surface area contributed by atoms with E-state index in [1.807, 2.05) is 17.8 Å². The van der Waals surface area contributed by atoms with Crippen LogP contribution in [0.25, 0.3) is 0 Å². The first kappa shape index (κ1) is 12.2. The van der Waals surface area contributed by atoms with Gasteiger partial charge in [0.2, 0.25) is 11.8 Å². The smallest absolute Gasteiger partial charge is 0.225 e. The molecule has 0 spiro atoms. The van der Waals surface area contributed by atoms with E-state index in [1.165, 1.54) is 0 Å². The van der Waals surface area contributed by atoms with Crippen LogP contribution in [0.15, 0.2) is 18.5 Å². The topological polar surface area (TPSA) is 90.9 Å². The molecular formula is C11H16N6O. The minimum Gasteiger partial charge on any atom is -0.481 e. The van der Waals surface area contributed by atoms with E-state index in [0.717, 1.165) is 12.2 Å². The highest BCUT2D eigenvalue weighted by molar-refractivity contribution is 5.42. The zero-order chi connectivity index (χ0) is 13.0. The van der Waals surface area contributed by atoms with Gasteiger partial charge in [0.1, 0.15) is 11.6 Å². The summed E-state index contributed by atoms with van der Waals surface area (Å²) < 4.78 is 7.00. The summed E-state index contributed by atoms with van der Waals surface area (Å²) in [6, 6.07) is 1.70. The molecule has 2 aromatic rings. The lowest BCUT2D eigenvalue weighted by Gasteiger charge is -2.07. The van der Waals surface area contributed by atoms with Crippen molar-refractivity contribution in [1.82, 2.24) is 19.5 Å². The molecule has 18 heavy (non-hydrogen) atoms. The molecule has 0 fully saturated rings. The molecule has 2 rings (SSSR count). The van der Waals surface area contributed by atoms with E-state index in [1.54, 1.807) is 19.4 Å². The Labute approximate surface area is 105 Å². The number of nitrogen functional groups attached to an aromatic ring is 1. The molecule has 0 aliphatic heterocycles. The minimum atomic E-state index is 0.189. The molecule has 2 aromatic heterocycles. The van der Waals surface area contributed by atoms with E-state index < -0.39 is 0 Å². The van der Waals surface area contributed by atoms with Gasteiger partial charge in [-0.2, -0.15) is 9.97 Å². The maximum atomic E-state index is 5.57. The number of hydrogen-bond acceptors (Lipinski definition) is 6. The van der Waals surface area contributed by atoms with Crippen LogP contribution in [0, 0.1) is 0 Å². The maximum Gasteiger partial charge on any atom is 0.225 e. The van der Waals surface area contributed by atoms with Crippen LogP contribution in [0.4, 0.5) is 11.8 Å². The number of nitrogens with one attached hydrogen (secondary N) is 1. The van der Waals surface area contributed by atoms with Crippen molar-refractivity contribution in [2.45, 2.75) is 6.42 Å². The van der Waals surface area contributed by atoms with Crippen molar-refractivity contribution in [2.24, 2.45) is 7.05 Å². The van der Waals surface area contributed by atoms with Gasteiger partial charge < -0.3 is 20.4 Å². The number of imidazole rings is 1. The first-order valence-corrected chi connectivity index (χ1v) is 5.57. The van der Waals surface area contributed by atoms with Crippen molar-refractivity contribution >= 4 is 11.8 Å². The number of aryl methyl sites for hydroxylation is 1.